The maximum atomic E-state index is 12.5. The zero-order valence-corrected chi connectivity index (χ0v) is 15.2. The second-order valence-electron chi connectivity index (χ2n) is 6.53. The minimum absolute atomic E-state index is 0.256. The van der Waals surface area contributed by atoms with Gasteiger partial charge in [0.2, 0.25) is 0 Å². The normalized spacial score (nSPS) is 15.0. The standard InChI is InChI=1S/C21H22N2O4/c1-25-18-4-2-3-16-13-19(27-20(16)18)21(24)22-17-7-5-15(6-8-17)14-23-9-11-26-12-10-23/h2-8,13H,9-12,14H2,1H3,(H,22,24). The number of carbonyl (C=O) groups excluding carboxylic acids is 1. The summed E-state index contributed by atoms with van der Waals surface area (Å²) in [6, 6.07) is 15.2. The van der Waals surface area contributed by atoms with Gasteiger partial charge in [0, 0.05) is 30.7 Å². The van der Waals surface area contributed by atoms with Gasteiger partial charge in [0.05, 0.1) is 20.3 Å². The van der Waals surface area contributed by atoms with Crippen LogP contribution in [0.4, 0.5) is 5.69 Å². The van der Waals surface area contributed by atoms with Gasteiger partial charge in [-0.25, -0.2) is 0 Å². The molecule has 1 saturated heterocycles. The second kappa shape index (κ2) is 7.82. The predicted octanol–water partition coefficient (Wildman–Crippen LogP) is 3.53. The highest BCUT2D eigenvalue weighted by Gasteiger charge is 2.15. The molecule has 1 aliphatic rings. The number of nitrogens with one attached hydrogen (secondary N) is 1. The largest absolute Gasteiger partial charge is 0.493 e. The summed E-state index contributed by atoms with van der Waals surface area (Å²) in [5.41, 5.74) is 2.52. The van der Waals surface area contributed by atoms with Crippen molar-refractivity contribution in [1.29, 1.82) is 0 Å². The number of para-hydroxylation sites is 1. The fraction of sp³-hybridized carbons (Fsp3) is 0.286. The maximum Gasteiger partial charge on any atom is 0.291 e. The first-order valence-corrected chi connectivity index (χ1v) is 9.00. The van der Waals surface area contributed by atoms with Crippen molar-refractivity contribution in [1.82, 2.24) is 4.90 Å². The van der Waals surface area contributed by atoms with Crippen LogP contribution in [0.25, 0.3) is 11.0 Å². The molecule has 6 heteroatoms. The Morgan fingerprint density at radius 3 is 2.67 bits per heavy atom. The Morgan fingerprint density at radius 2 is 1.93 bits per heavy atom. The molecule has 140 valence electrons. The van der Waals surface area contributed by atoms with Crippen LogP contribution in [-0.4, -0.2) is 44.2 Å². The lowest BCUT2D eigenvalue weighted by molar-refractivity contribution is 0.0342. The highest BCUT2D eigenvalue weighted by Crippen LogP contribution is 2.28. The quantitative estimate of drug-likeness (QED) is 0.748. The number of hydrogen-bond donors (Lipinski definition) is 1. The Hall–Kier alpha value is -2.83. The van der Waals surface area contributed by atoms with Crippen LogP contribution in [0.5, 0.6) is 5.75 Å². The van der Waals surface area contributed by atoms with Gasteiger partial charge < -0.3 is 19.2 Å². The Balaban J connectivity index is 1.43. The van der Waals surface area contributed by atoms with Gasteiger partial charge in [-0.1, -0.05) is 24.3 Å². The van der Waals surface area contributed by atoms with E-state index in [4.69, 9.17) is 13.9 Å². The Morgan fingerprint density at radius 1 is 1.15 bits per heavy atom. The van der Waals surface area contributed by atoms with Gasteiger partial charge in [0.25, 0.3) is 5.91 Å². The monoisotopic (exact) mass is 366 g/mol. The van der Waals surface area contributed by atoms with Crippen molar-refractivity contribution in [3.63, 3.8) is 0 Å². The van der Waals surface area contributed by atoms with E-state index in [0.717, 1.165) is 43.9 Å². The summed E-state index contributed by atoms with van der Waals surface area (Å²) < 4.78 is 16.3. The van der Waals surface area contributed by atoms with E-state index in [1.54, 1.807) is 19.2 Å². The van der Waals surface area contributed by atoms with Gasteiger partial charge in [-0.2, -0.15) is 0 Å². The van der Waals surface area contributed by atoms with E-state index < -0.39 is 0 Å². The predicted molar refractivity (Wildman–Crippen MR) is 103 cm³/mol. The number of benzene rings is 2. The highest BCUT2D eigenvalue weighted by atomic mass is 16.5. The third-order valence-electron chi connectivity index (χ3n) is 4.67. The smallest absolute Gasteiger partial charge is 0.291 e. The molecule has 0 atom stereocenters. The summed E-state index contributed by atoms with van der Waals surface area (Å²) in [5.74, 6) is 0.583. The molecule has 0 radical (unpaired) electrons. The van der Waals surface area contributed by atoms with Crippen LogP contribution in [0.3, 0.4) is 0 Å². The molecule has 1 aliphatic heterocycles. The lowest BCUT2D eigenvalue weighted by atomic mass is 10.2. The van der Waals surface area contributed by atoms with Gasteiger partial charge in [0.1, 0.15) is 0 Å². The number of rotatable bonds is 5. The molecule has 2 heterocycles. The molecule has 1 amide bonds. The van der Waals surface area contributed by atoms with Crippen molar-refractivity contribution in [3.05, 3.63) is 59.9 Å². The molecule has 2 aromatic carbocycles. The summed E-state index contributed by atoms with van der Waals surface area (Å²) in [5, 5.41) is 3.71. The Kier molecular flexibility index (Phi) is 5.09. The molecule has 0 unspecified atom stereocenters. The van der Waals surface area contributed by atoms with E-state index in [1.165, 1.54) is 5.56 Å². The first kappa shape index (κ1) is 17.6. The molecular weight excluding hydrogens is 344 g/mol. The first-order chi connectivity index (χ1) is 13.2. The van der Waals surface area contributed by atoms with Crippen molar-refractivity contribution >= 4 is 22.6 Å². The highest BCUT2D eigenvalue weighted by molar-refractivity contribution is 6.05. The van der Waals surface area contributed by atoms with Crippen molar-refractivity contribution < 1.29 is 18.7 Å². The van der Waals surface area contributed by atoms with E-state index in [0.29, 0.717) is 11.3 Å². The van der Waals surface area contributed by atoms with Gasteiger partial charge in [0.15, 0.2) is 17.1 Å². The lowest BCUT2D eigenvalue weighted by Crippen LogP contribution is -2.35. The number of morpholine rings is 1. The van der Waals surface area contributed by atoms with Crippen molar-refractivity contribution in [2.24, 2.45) is 0 Å². The number of hydrogen-bond acceptors (Lipinski definition) is 5. The van der Waals surface area contributed by atoms with Crippen LogP contribution in [-0.2, 0) is 11.3 Å². The van der Waals surface area contributed by atoms with Gasteiger partial charge in [-0.15, -0.1) is 0 Å². The minimum atomic E-state index is -0.283. The molecule has 0 spiro atoms. The molecule has 4 rings (SSSR count). The SMILES string of the molecule is COc1cccc2cc(C(=O)Nc3ccc(CN4CCOCC4)cc3)oc12. The molecule has 0 bridgehead atoms. The number of methoxy groups -OCH3 is 1. The molecule has 6 nitrogen and oxygen atoms in total. The topological polar surface area (TPSA) is 63.9 Å². The molecule has 0 saturated carbocycles. The summed E-state index contributed by atoms with van der Waals surface area (Å²) in [6.07, 6.45) is 0. The molecule has 1 fully saturated rings. The van der Waals surface area contributed by atoms with E-state index >= 15 is 0 Å². The van der Waals surface area contributed by atoms with Crippen LogP contribution in [0, 0.1) is 0 Å². The molecular formula is C21H22N2O4. The number of anilines is 1. The summed E-state index contributed by atoms with van der Waals surface area (Å²) in [7, 11) is 1.58. The number of carbonyl (C=O) groups is 1. The molecule has 0 aliphatic carbocycles. The van der Waals surface area contributed by atoms with Crippen LogP contribution in [0.15, 0.2) is 52.9 Å². The average molecular weight is 366 g/mol. The molecule has 1 N–H and O–H groups in total. The Bertz CT molecular complexity index is 927. The van der Waals surface area contributed by atoms with Gasteiger partial charge in [-0.3, -0.25) is 9.69 Å². The zero-order valence-electron chi connectivity index (χ0n) is 15.2. The average Bonchev–Trinajstić information content (AvgIpc) is 3.15. The fourth-order valence-electron chi connectivity index (χ4n) is 3.21. The van der Waals surface area contributed by atoms with E-state index in [1.807, 2.05) is 36.4 Å². The van der Waals surface area contributed by atoms with Crippen LogP contribution >= 0.6 is 0 Å². The summed E-state index contributed by atoms with van der Waals surface area (Å²) in [6.45, 7) is 4.37. The number of nitrogens with zero attached hydrogens (tertiary/aromatic N) is 1. The second-order valence-corrected chi connectivity index (χ2v) is 6.53. The third kappa shape index (κ3) is 3.97. The third-order valence-corrected chi connectivity index (χ3v) is 4.67. The summed E-state index contributed by atoms with van der Waals surface area (Å²) in [4.78, 5) is 14.9. The number of furan rings is 1. The Labute approximate surface area is 157 Å². The van der Waals surface area contributed by atoms with Gasteiger partial charge in [-0.05, 0) is 29.8 Å². The number of ether oxygens (including phenoxy) is 2. The van der Waals surface area contributed by atoms with Crippen molar-refractivity contribution in [2.45, 2.75) is 6.54 Å². The zero-order chi connectivity index (χ0) is 18.6. The van der Waals surface area contributed by atoms with Crippen molar-refractivity contribution in [2.75, 3.05) is 38.7 Å². The molecule has 3 aromatic rings. The lowest BCUT2D eigenvalue weighted by Gasteiger charge is -2.26. The van der Waals surface area contributed by atoms with Crippen LogP contribution in [0.2, 0.25) is 0 Å². The minimum Gasteiger partial charge on any atom is -0.493 e. The van der Waals surface area contributed by atoms with E-state index in [2.05, 4.69) is 10.2 Å². The molecule has 27 heavy (non-hydrogen) atoms. The number of amides is 1. The van der Waals surface area contributed by atoms with Crippen molar-refractivity contribution in [3.8, 4) is 5.75 Å². The van der Waals surface area contributed by atoms with Gasteiger partial charge >= 0.3 is 0 Å². The number of fused-ring (bicyclic) bond motifs is 1. The fourth-order valence-corrected chi connectivity index (χ4v) is 3.21. The first-order valence-electron chi connectivity index (χ1n) is 9.00. The van der Waals surface area contributed by atoms with Crippen LogP contribution < -0.4 is 10.1 Å². The summed E-state index contributed by atoms with van der Waals surface area (Å²) >= 11 is 0. The molecule has 1 aromatic heterocycles. The van der Waals surface area contributed by atoms with Crippen LogP contribution in [0.1, 0.15) is 16.1 Å². The van der Waals surface area contributed by atoms with E-state index in [9.17, 15) is 4.79 Å². The maximum absolute atomic E-state index is 12.5. The van der Waals surface area contributed by atoms with E-state index in [-0.39, 0.29) is 11.7 Å².